The van der Waals surface area contributed by atoms with Crippen molar-refractivity contribution in [2.24, 2.45) is 5.92 Å². The lowest BCUT2D eigenvalue weighted by atomic mass is 9.96. The van der Waals surface area contributed by atoms with Gasteiger partial charge in [0.15, 0.2) is 5.76 Å². The number of fused-ring (bicyclic) bond motifs is 1. The highest BCUT2D eigenvalue weighted by Gasteiger charge is 2.34. The SMILES string of the molecule is O=C(c1ccco1)N1CCCC(C(=O)N2CCc3ccccc32)C1. The number of nitrogens with zero attached hydrogens (tertiary/aromatic N) is 2. The Hall–Kier alpha value is -2.56. The quantitative estimate of drug-likeness (QED) is 0.853. The van der Waals surface area contributed by atoms with Crippen LogP contribution in [0.3, 0.4) is 0 Å². The van der Waals surface area contributed by atoms with E-state index in [2.05, 4.69) is 6.07 Å². The molecule has 2 aliphatic heterocycles. The van der Waals surface area contributed by atoms with Gasteiger partial charge in [-0.25, -0.2) is 0 Å². The highest BCUT2D eigenvalue weighted by molar-refractivity contribution is 5.98. The van der Waals surface area contributed by atoms with Crippen LogP contribution in [-0.4, -0.2) is 36.3 Å². The molecule has 5 nitrogen and oxygen atoms in total. The molecule has 0 bridgehead atoms. The van der Waals surface area contributed by atoms with E-state index in [4.69, 9.17) is 4.42 Å². The number of piperidine rings is 1. The third-order valence-corrected chi connectivity index (χ3v) is 4.94. The smallest absolute Gasteiger partial charge is 0.289 e. The fraction of sp³-hybridized carbons (Fsp3) is 0.368. The van der Waals surface area contributed by atoms with Gasteiger partial charge in [0.05, 0.1) is 12.2 Å². The third kappa shape index (κ3) is 2.60. The molecular formula is C19H20N2O3. The Morgan fingerprint density at radius 1 is 1.08 bits per heavy atom. The molecule has 1 aromatic carbocycles. The molecule has 0 radical (unpaired) electrons. The number of likely N-dealkylation sites (tertiary alicyclic amines) is 1. The van der Waals surface area contributed by atoms with Crippen molar-refractivity contribution in [1.82, 2.24) is 4.90 Å². The first-order valence-electron chi connectivity index (χ1n) is 8.46. The molecule has 3 heterocycles. The lowest BCUT2D eigenvalue weighted by Gasteiger charge is -2.33. The number of rotatable bonds is 2. The van der Waals surface area contributed by atoms with Gasteiger partial charge in [-0.2, -0.15) is 0 Å². The van der Waals surface area contributed by atoms with E-state index >= 15 is 0 Å². The van der Waals surface area contributed by atoms with Gasteiger partial charge >= 0.3 is 0 Å². The summed E-state index contributed by atoms with van der Waals surface area (Å²) in [5.41, 5.74) is 2.25. The molecule has 124 valence electrons. The van der Waals surface area contributed by atoms with Crippen LogP contribution in [0, 0.1) is 5.92 Å². The summed E-state index contributed by atoms with van der Waals surface area (Å²) in [4.78, 5) is 29.1. The van der Waals surface area contributed by atoms with Crippen molar-refractivity contribution in [2.75, 3.05) is 24.5 Å². The second-order valence-electron chi connectivity index (χ2n) is 6.44. The van der Waals surface area contributed by atoms with Gasteiger partial charge < -0.3 is 14.2 Å². The zero-order chi connectivity index (χ0) is 16.5. The highest BCUT2D eigenvalue weighted by Crippen LogP contribution is 2.30. The van der Waals surface area contributed by atoms with Crippen LogP contribution in [0.1, 0.15) is 29.0 Å². The lowest BCUT2D eigenvalue weighted by molar-refractivity contribution is -0.123. The van der Waals surface area contributed by atoms with Crippen molar-refractivity contribution in [3.05, 3.63) is 54.0 Å². The van der Waals surface area contributed by atoms with Crippen LogP contribution in [0.5, 0.6) is 0 Å². The van der Waals surface area contributed by atoms with Crippen molar-refractivity contribution in [3.8, 4) is 0 Å². The van der Waals surface area contributed by atoms with E-state index in [0.29, 0.717) is 18.8 Å². The van der Waals surface area contributed by atoms with Crippen LogP contribution in [0.4, 0.5) is 5.69 Å². The summed E-state index contributed by atoms with van der Waals surface area (Å²) < 4.78 is 5.20. The summed E-state index contributed by atoms with van der Waals surface area (Å²) in [5.74, 6) is 0.217. The fourth-order valence-corrected chi connectivity index (χ4v) is 3.71. The zero-order valence-electron chi connectivity index (χ0n) is 13.5. The molecule has 4 rings (SSSR count). The van der Waals surface area contributed by atoms with E-state index < -0.39 is 0 Å². The van der Waals surface area contributed by atoms with E-state index in [1.54, 1.807) is 17.0 Å². The summed E-state index contributed by atoms with van der Waals surface area (Å²) in [7, 11) is 0. The molecule has 1 aromatic heterocycles. The summed E-state index contributed by atoms with van der Waals surface area (Å²) in [6.45, 7) is 1.89. The molecule has 5 heteroatoms. The van der Waals surface area contributed by atoms with Crippen LogP contribution in [0.15, 0.2) is 47.1 Å². The van der Waals surface area contributed by atoms with Crippen LogP contribution in [-0.2, 0) is 11.2 Å². The van der Waals surface area contributed by atoms with E-state index in [1.807, 2.05) is 23.1 Å². The fourth-order valence-electron chi connectivity index (χ4n) is 3.71. The molecule has 24 heavy (non-hydrogen) atoms. The Bertz CT molecular complexity index is 754. The Balaban J connectivity index is 1.48. The number of furan rings is 1. The number of anilines is 1. The Labute approximate surface area is 140 Å². The van der Waals surface area contributed by atoms with Gasteiger partial charge in [-0.05, 0) is 43.0 Å². The zero-order valence-corrected chi connectivity index (χ0v) is 13.5. The Morgan fingerprint density at radius 3 is 2.79 bits per heavy atom. The van der Waals surface area contributed by atoms with E-state index in [1.165, 1.54) is 11.8 Å². The van der Waals surface area contributed by atoms with Crippen LogP contribution < -0.4 is 4.90 Å². The van der Waals surface area contributed by atoms with Crippen LogP contribution >= 0.6 is 0 Å². The first-order chi connectivity index (χ1) is 11.7. The standard InChI is InChI=1S/C19H20N2O3/c22-18(21-11-9-14-5-1-2-7-16(14)21)15-6-3-10-20(13-15)19(23)17-8-4-12-24-17/h1-2,4-5,7-8,12,15H,3,6,9-11,13H2. The van der Waals surface area contributed by atoms with Crippen LogP contribution in [0.2, 0.25) is 0 Å². The number of amides is 2. The first-order valence-corrected chi connectivity index (χ1v) is 8.46. The molecule has 1 unspecified atom stereocenters. The molecule has 0 spiro atoms. The number of hydrogen-bond acceptors (Lipinski definition) is 3. The van der Waals surface area contributed by atoms with Crippen molar-refractivity contribution in [3.63, 3.8) is 0 Å². The average Bonchev–Trinajstić information content (AvgIpc) is 3.30. The molecular weight excluding hydrogens is 304 g/mol. The summed E-state index contributed by atoms with van der Waals surface area (Å²) in [5, 5.41) is 0. The van der Waals surface area contributed by atoms with Crippen molar-refractivity contribution in [2.45, 2.75) is 19.3 Å². The number of para-hydroxylation sites is 1. The van der Waals surface area contributed by atoms with Gasteiger partial charge in [0.1, 0.15) is 0 Å². The molecule has 1 atom stereocenters. The molecule has 2 amide bonds. The predicted octanol–water partition coefficient (Wildman–Crippen LogP) is 2.72. The monoisotopic (exact) mass is 324 g/mol. The van der Waals surface area contributed by atoms with Crippen molar-refractivity contribution >= 4 is 17.5 Å². The van der Waals surface area contributed by atoms with Crippen molar-refractivity contribution in [1.29, 1.82) is 0 Å². The van der Waals surface area contributed by atoms with E-state index in [0.717, 1.165) is 31.5 Å². The van der Waals surface area contributed by atoms with Gasteiger partial charge in [-0.15, -0.1) is 0 Å². The predicted molar refractivity (Wildman–Crippen MR) is 89.8 cm³/mol. The average molecular weight is 324 g/mol. The number of benzene rings is 1. The van der Waals surface area contributed by atoms with Gasteiger partial charge in [0.25, 0.3) is 5.91 Å². The van der Waals surface area contributed by atoms with Gasteiger partial charge in [0, 0.05) is 25.3 Å². The Morgan fingerprint density at radius 2 is 1.96 bits per heavy atom. The number of hydrogen-bond donors (Lipinski definition) is 0. The lowest BCUT2D eigenvalue weighted by Crippen LogP contribution is -2.46. The van der Waals surface area contributed by atoms with E-state index in [9.17, 15) is 9.59 Å². The Kier molecular flexibility index (Phi) is 3.84. The maximum Gasteiger partial charge on any atom is 0.289 e. The van der Waals surface area contributed by atoms with Crippen molar-refractivity contribution < 1.29 is 14.0 Å². The largest absolute Gasteiger partial charge is 0.459 e. The summed E-state index contributed by atoms with van der Waals surface area (Å²) in [6, 6.07) is 11.5. The molecule has 2 aliphatic rings. The molecule has 0 N–H and O–H groups in total. The minimum atomic E-state index is -0.135. The van der Waals surface area contributed by atoms with Gasteiger partial charge in [0.2, 0.25) is 5.91 Å². The molecule has 0 saturated carbocycles. The number of carbonyl (C=O) groups excluding carboxylic acids is 2. The second-order valence-corrected chi connectivity index (χ2v) is 6.44. The normalized spacial score (nSPS) is 20.1. The second kappa shape index (κ2) is 6.15. The van der Waals surface area contributed by atoms with Gasteiger partial charge in [-0.3, -0.25) is 9.59 Å². The van der Waals surface area contributed by atoms with Crippen LogP contribution in [0.25, 0.3) is 0 Å². The molecule has 1 fully saturated rings. The summed E-state index contributed by atoms with van der Waals surface area (Å²) in [6.07, 6.45) is 4.09. The first kappa shape index (κ1) is 15.0. The summed E-state index contributed by atoms with van der Waals surface area (Å²) >= 11 is 0. The van der Waals surface area contributed by atoms with Gasteiger partial charge in [-0.1, -0.05) is 18.2 Å². The molecule has 0 aliphatic carbocycles. The maximum atomic E-state index is 13.0. The molecule has 2 aromatic rings. The minimum Gasteiger partial charge on any atom is -0.459 e. The molecule has 1 saturated heterocycles. The maximum absolute atomic E-state index is 13.0. The topological polar surface area (TPSA) is 53.8 Å². The number of carbonyl (C=O) groups is 2. The van der Waals surface area contributed by atoms with E-state index in [-0.39, 0.29) is 17.7 Å². The highest BCUT2D eigenvalue weighted by atomic mass is 16.3. The third-order valence-electron chi connectivity index (χ3n) is 4.94. The minimum absolute atomic E-state index is 0.126.